The Bertz CT molecular complexity index is 743. The van der Waals surface area contributed by atoms with Crippen LogP contribution in [0.25, 0.3) is 9.88 Å². The first-order valence-corrected chi connectivity index (χ1v) is 9.30. The highest BCUT2D eigenvalue weighted by molar-refractivity contribution is 7.23. The molecule has 0 aliphatic carbocycles. The zero-order valence-electron chi connectivity index (χ0n) is 12.4. The molecule has 1 aliphatic rings. The zero-order chi connectivity index (χ0) is 16.6. The van der Waals surface area contributed by atoms with Crippen LogP contribution in [-0.4, -0.2) is 39.5 Å². The van der Waals surface area contributed by atoms with Gasteiger partial charge in [0.15, 0.2) is 0 Å². The molecule has 23 heavy (non-hydrogen) atoms. The maximum Gasteiger partial charge on any atom is 0.308 e. The summed E-state index contributed by atoms with van der Waals surface area (Å²) < 4.78 is 0.678. The third-order valence-electron chi connectivity index (χ3n) is 4.07. The number of thiophene rings is 1. The van der Waals surface area contributed by atoms with Gasteiger partial charge in [-0.1, -0.05) is 11.6 Å². The molecule has 1 saturated heterocycles. The van der Waals surface area contributed by atoms with Crippen molar-refractivity contribution in [3.63, 3.8) is 0 Å². The molecule has 2 aromatic rings. The zero-order valence-corrected chi connectivity index (χ0v) is 14.7. The lowest BCUT2D eigenvalue weighted by molar-refractivity contribution is -0.144. The number of carboxylic acid groups (broad SMARTS) is 1. The Morgan fingerprint density at radius 2 is 2.22 bits per heavy atom. The Morgan fingerprint density at radius 1 is 1.43 bits per heavy atom. The van der Waals surface area contributed by atoms with E-state index in [4.69, 9.17) is 11.6 Å². The van der Waals surface area contributed by atoms with Crippen LogP contribution < -0.4 is 0 Å². The van der Waals surface area contributed by atoms with E-state index in [-0.39, 0.29) is 11.9 Å². The van der Waals surface area contributed by atoms with Crippen molar-refractivity contribution in [1.82, 2.24) is 9.88 Å². The van der Waals surface area contributed by atoms with Crippen molar-refractivity contribution in [1.29, 1.82) is 0 Å². The monoisotopic (exact) mass is 370 g/mol. The third kappa shape index (κ3) is 3.27. The lowest BCUT2D eigenvalue weighted by Crippen LogP contribution is -2.49. The second-order valence-electron chi connectivity index (χ2n) is 5.47. The van der Waals surface area contributed by atoms with Crippen LogP contribution in [0.5, 0.6) is 0 Å². The second-order valence-corrected chi connectivity index (χ2v) is 8.04. The van der Waals surface area contributed by atoms with E-state index in [1.54, 1.807) is 23.3 Å². The topological polar surface area (TPSA) is 70.5 Å². The molecule has 0 aromatic carbocycles. The van der Waals surface area contributed by atoms with Crippen molar-refractivity contribution in [3.8, 4) is 9.88 Å². The number of halogens is 1. The number of aromatic nitrogens is 1. The van der Waals surface area contributed by atoms with Gasteiger partial charge in [-0.25, -0.2) is 4.98 Å². The molecule has 2 atom stereocenters. The molecule has 0 unspecified atom stereocenters. The fraction of sp³-hybridized carbons (Fsp3) is 0.400. The molecule has 1 N–H and O–H groups in total. The molecule has 0 spiro atoms. The molecule has 0 saturated carbocycles. The minimum absolute atomic E-state index is 0.200. The average molecular weight is 371 g/mol. The van der Waals surface area contributed by atoms with Crippen LogP contribution in [0.2, 0.25) is 4.34 Å². The maximum absolute atomic E-state index is 12.7. The molecule has 1 aliphatic heterocycles. The summed E-state index contributed by atoms with van der Waals surface area (Å²) in [5.41, 5.74) is 0.368. The van der Waals surface area contributed by atoms with Gasteiger partial charge in [-0.2, -0.15) is 0 Å². The summed E-state index contributed by atoms with van der Waals surface area (Å²) >= 11 is 8.74. The fourth-order valence-corrected chi connectivity index (χ4v) is 4.73. The van der Waals surface area contributed by atoms with Crippen LogP contribution in [0.4, 0.5) is 0 Å². The first-order chi connectivity index (χ1) is 11.0. The van der Waals surface area contributed by atoms with Crippen LogP contribution in [0.1, 0.15) is 30.3 Å². The highest BCUT2D eigenvalue weighted by Gasteiger charge is 2.36. The van der Waals surface area contributed by atoms with E-state index in [9.17, 15) is 14.7 Å². The third-order valence-corrected chi connectivity index (χ3v) is 6.32. The van der Waals surface area contributed by atoms with E-state index < -0.39 is 11.9 Å². The number of carbonyl (C=O) groups excluding carboxylic acids is 1. The van der Waals surface area contributed by atoms with Crippen LogP contribution in [0.3, 0.4) is 0 Å². The van der Waals surface area contributed by atoms with Gasteiger partial charge in [0.25, 0.3) is 5.91 Å². The van der Waals surface area contributed by atoms with Crippen LogP contribution >= 0.6 is 34.3 Å². The van der Waals surface area contributed by atoms with Gasteiger partial charge >= 0.3 is 5.97 Å². The van der Waals surface area contributed by atoms with E-state index in [0.717, 1.165) is 9.88 Å². The maximum atomic E-state index is 12.7. The van der Waals surface area contributed by atoms with E-state index >= 15 is 0 Å². The van der Waals surface area contributed by atoms with Gasteiger partial charge in [-0.15, -0.1) is 22.7 Å². The van der Waals surface area contributed by atoms with Crippen LogP contribution in [0, 0.1) is 5.92 Å². The predicted octanol–water partition coefficient (Wildman–Crippen LogP) is 3.85. The van der Waals surface area contributed by atoms with Gasteiger partial charge in [0, 0.05) is 18.0 Å². The largest absolute Gasteiger partial charge is 0.481 e. The van der Waals surface area contributed by atoms with E-state index in [1.165, 1.54) is 22.7 Å². The van der Waals surface area contributed by atoms with Crippen molar-refractivity contribution in [2.45, 2.75) is 25.8 Å². The smallest absolute Gasteiger partial charge is 0.308 e. The van der Waals surface area contributed by atoms with Crippen LogP contribution in [-0.2, 0) is 4.79 Å². The normalized spacial score (nSPS) is 21.4. The number of carboxylic acids is 1. The van der Waals surface area contributed by atoms with Gasteiger partial charge in [-0.05, 0) is 31.9 Å². The van der Waals surface area contributed by atoms with Crippen molar-refractivity contribution in [2.24, 2.45) is 5.92 Å². The number of carbonyl (C=O) groups is 2. The minimum atomic E-state index is -0.845. The number of hydrogen-bond donors (Lipinski definition) is 1. The lowest BCUT2D eigenvalue weighted by Gasteiger charge is -2.37. The predicted molar refractivity (Wildman–Crippen MR) is 91.3 cm³/mol. The molecule has 3 heterocycles. The SMILES string of the molecule is C[C@@H]1[C@H](C(=O)O)CCCN1C(=O)c1csc(-c2ccc(Cl)s2)n1. The molecule has 122 valence electrons. The van der Waals surface area contributed by atoms with Crippen molar-refractivity contribution in [3.05, 3.63) is 27.5 Å². The number of piperidine rings is 1. The number of thiazole rings is 1. The molecule has 2 aromatic heterocycles. The number of likely N-dealkylation sites (tertiary alicyclic amines) is 1. The summed E-state index contributed by atoms with van der Waals surface area (Å²) in [6.45, 7) is 2.36. The number of hydrogen-bond acceptors (Lipinski definition) is 5. The fourth-order valence-electron chi connectivity index (χ4n) is 2.82. The summed E-state index contributed by atoms with van der Waals surface area (Å²) in [4.78, 5) is 30.9. The molecular weight excluding hydrogens is 356 g/mol. The molecule has 0 bridgehead atoms. The number of aliphatic carboxylic acids is 1. The molecule has 3 rings (SSSR count). The highest BCUT2D eigenvalue weighted by atomic mass is 35.5. The van der Waals surface area contributed by atoms with Gasteiger partial charge in [-0.3, -0.25) is 9.59 Å². The molecule has 1 fully saturated rings. The average Bonchev–Trinajstić information content (AvgIpc) is 3.15. The molecule has 1 amide bonds. The summed E-state index contributed by atoms with van der Waals surface area (Å²) in [5.74, 6) is -1.56. The van der Waals surface area contributed by atoms with Crippen molar-refractivity contribution >= 4 is 46.2 Å². The minimum Gasteiger partial charge on any atom is -0.481 e. The number of nitrogens with zero attached hydrogens (tertiary/aromatic N) is 2. The first-order valence-electron chi connectivity index (χ1n) is 7.22. The molecule has 0 radical (unpaired) electrons. The van der Waals surface area contributed by atoms with Gasteiger partial charge in [0.1, 0.15) is 10.7 Å². The summed E-state index contributed by atoms with van der Waals surface area (Å²) in [6, 6.07) is 3.36. The van der Waals surface area contributed by atoms with Gasteiger partial charge < -0.3 is 10.0 Å². The Labute approximate surface area is 146 Å². The standard InChI is InChI=1S/C15H15ClN2O3S2/c1-8-9(15(20)21)3-2-6-18(8)14(19)10-7-22-13(17-10)11-4-5-12(16)23-11/h4-5,7-9H,2-3,6H2,1H3,(H,20,21)/t8-,9-/m1/s1. The Hall–Kier alpha value is -1.44. The van der Waals surface area contributed by atoms with Crippen molar-refractivity contribution < 1.29 is 14.7 Å². The van der Waals surface area contributed by atoms with E-state index in [2.05, 4.69) is 4.98 Å². The molecule has 5 nitrogen and oxygen atoms in total. The van der Waals surface area contributed by atoms with Crippen molar-refractivity contribution in [2.75, 3.05) is 6.54 Å². The van der Waals surface area contributed by atoms with Crippen LogP contribution in [0.15, 0.2) is 17.5 Å². The quantitative estimate of drug-likeness (QED) is 0.890. The Balaban J connectivity index is 1.80. The number of rotatable bonds is 3. The van der Waals surface area contributed by atoms with Gasteiger partial charge in [0.05, 0.1) is 15.1 Å². The Kier molecular flexibility index (Phi) is 4.70. The lowest BCUT2D eigenvalue weighted by atomic mass is 9.90. The molecular formula is C15H15ClN2O3S2. The van der Waals surface area contributed by atoms with E-state index in [0.29, 0.717) is 29.4 Å². The number of amides is 1. The molecule has 8 heteroatoms. The second kappa shape index (κ2) is 6.59. The van der Waals surface area contributed by atoms with E-state index in [1.807, 2.05) is 6.07 Å². The summed E-state index contributed by atoms with van der Waals surface area (Å²) in [6.07, 6.45) is 1.31. The first kappa shape index (κ1) is 16.4. The summed E-state index contributed by atoms with van der Waals surface area (Å²) in [7, 11) is 0. The Morgan fingerprint density at radius 3 is 2.87 bits per heavy atom. The summed E-state index contributed by atoms with van der Waals surface area (Å²) in [5, 5.41) is 11.8. The highest BCUT2D eigenvalue weighted by Crippen LogP contribution is 2.33. The van der Waals surface area contributed by atoms with Gasteiger partial charge in [0.2, 0.25) is 0 Å².